The zero-order valence-corrected chi connectivity index (χ0v) is 10.4. The first-order valence-electron chi connectivity index (χ1n) is 5.07. The topological polar surface area (TPSA) is 35.2 Å². The summed E-state index contributed by atoms with van der Waals surface area (Å²) >= 11 is 11.9. The van der Waals surface area contributed by atoms with Crippen LogP contribution in [0.1, 0.15) is 17.2 Å². The monoisotopic (exact) mass is 267 g/mol. The van der Waals surface area contributed by atoms with Gasteiger partial charge in [-0.1, -0.05) is 53.5 Å². The van der Waals surface area contributed by atoms with E-state index in [4.69, 9.17) is 33.9 Å². The Hall–Kier alpha value is -1.06. The predicted octanol–water partition coefficient (Wildman–Crippen LogP) is 3.97. The molecule has 0 aliphatic heterocycles. The van der Waals surface area contributed by atoms with E-state index in [-0.39, 0.29) is 6.10 Å². The molecule has 1 unspecified atom stereocenters. The van der Waals surface area contributed by atoms with Crippen molar-refractivity contribution in [1.82, 2.24) is 0 Å². The summed E-state index contributed by atoms with van der Waals surface area (Å²) in [6.07, 6.45) is -0.368. The van der Waals surface area contributed by atoms with Gasteiger partial charge in [0.15, 0.2) is 0 Å². The van der Waals surface area contributed by atoms with E-state index >= 15 is 0 Å². The zero-order valence-electron chi connectivity index (χ0n) is 8.94. The number of hydrogen-bond donors (Lipinski definition) is 1. The van der Waals surface area contributed by atoms with Crippen LogP contribution in [0.4, 0.5) is 0 Å². The Bertz CT molecular complexity index is 482. The van der Waals surface area contributed by atoms with Gasteiger partial charge in [-0.05, 0) is 29.3 Å². The normalized spacial score (nSPS) is 12.4. The van der Waals surface area contributed by atoms with E-state index in [2.05, 4.69) is 0 Å². The fraction of sp³-hybridized carbons (Fsp3) is 0.0769. The number of hydrogen-bond acceptors (Lipinski definition) is 2. The smallest absolute Gasteiger partial charge is 0.129 e. The molecule has 0 amide bonds. The van der Waals surface area contributed by atoms with Crippen LogP contribution in [0, 0.1) is 0 Å². The molecule has 0 aliphatic carbocycles. The van der Waals surface area contributed by atoms with Crippen molar-refractivity contribution < 1.29 is 4.84 Å². The van der Waals surface area contributed by atoms with Crippen molar-refractivity contribution in [1.29, 1.82) is 0 Å². The summed E-state index contributed by atoms with van der Waals surface area (Å²) in [5.41, 5.74) is 1.78. The van der Waals surface area contributed by atoms with E-state index in [0.717, 1.165) is 11.1 Å². The lowest BCUT2D eigenvalue weighted by atomic mass is 10.0. The molecule has 0 fully saturated rings. The lowest BCUT2D eigenvalue weighted by Gasteiger charge is -2.15. The van der Waals surface area contributed by atoms with Gasteiger partial charge in [0, 0.05) is 10.0 Å². The maximum Gasteiger partial charge on any atom is 0.129 e. The summed E-state index contributed by atoms with van der Waals surface area (Å²) in [7, 11) is 0. The summed E-state index contributed by atoms with van der Waals surface area (Å²) in [6, 6.07) is 14.9. The minimum absolute atomic E-state index is 0.368. The first-order valence-corrected chi connectivity index (χ1v) is 5.83. The molecule has 2 nitrogen and oxygen atoms in total. The van der Waals surface area contributed by atoms with Crippen molar-refractivity contribution in [2.45, 2.75) is 6.10 Å². The van der Waals surface area contributed by atoms with Crippen LogP contribution in [-0.2, 0) is 4.84 Å². The molecule has 0 aliphatic rings. The molecule has 4 heteroatoms. The van der Waals surface area contributed by atoms with Gasteiger partial charge in [0.05, 0.1) is 0 Å². The molecule has 17 heavy (non-hydrogen) atoms. The van der Waals surface area contributed by atoms with Gasteiger partial charge in [-0.25, -0.2) is 5.90 Å². The van der Waals surface area contributed by atoms with Crippen LogP contribution in [0.3, 0.4) is 0 Å². The van der Waals surface area contributed by atoms with Gasteiger partial charge in [0.2, 0.25) is 0 Å². The number of nitrogens with two attached hydrogens (primary N) is 1. The van der Waals surface area contributed by atoms with Crippen LogP contribution in [-0.4, -0.2) is 0 Å². The molecule has 0 saturated heterocycles. The molecule has 2 N–H and O–H groups in total. The van der Waals surface area contributed by atoms with E-state index in [0.29, 0.717) is 10.0 Å². The van der Waals surface area contributed by atoms with Crippen LogP contribution in [0.2, 0.25) is 10.0 Å². The van der Waals surface area contributed by atoms with Gasteiger partial charge in [-0.3, -0.25) is 4.84 Å². The quantitative estimate of drug-likeness (QED) is 0.855. The Morgan fingerprint density at radius 1 is 0.882 bits per heavy atom. The van der Waals surface area contributed by atoms with Crippen molar-refractivity contribution in [2.24, 2.45) is 5.90 Å². The Labute approximate surface area is 110 Å². The van der Waals surface area contributed by atoms with Crippen LogP contribution in [0.25, 0.3) is 0 Å². The molecule has 1 atom stereocenters. The minimum Gasteiger partial charge on any atom is -0.292 e. The van der Waals surface area contributed by atoms with E-state index in [1.54, 1.807) is 18.2 Å². The van der Waals surface area contributed by atoms with Gasteiger partial charge in [0.1, 0.15) is 6.10 Å². The third-order valence-electron chi connectivity index (χ3n) is 2.43. The highest BCUT2D eigenvalue weighted by Crippen LogP contribution is 2.29. The zero-order chi connectivity index (χ0) is 12.3. The predicted molar refractivity (Wildman–Crippen MR) is 70.0 cm³/mol. The Balaban J connectivity index is 2.42. The highest BCUT2D eigenvalue weighted by Gasteiger charge is 2.14. The molecule has 2 aromatic rings. The second-order valence-corrected chi connectivity index (χ2v) is 4.50. The largest absolute Gasteiger partial charge is 0.292 e. The number of halogens is 2. The van der Waals surface area contributed by atoms with Gasteiger partial charge in [-0.2, -0.15) is 0 Å². The average Bonchev–Trinajstić information content (AvgIpc) is 2.30. The lowest BCUT2D eigenvalue weighted by molar-refractivity contribution is 0.0813. The van der Waals surface area contributed by atoms with Crippen molar-refractivity contribution in [3.8, 4) is 0 Å². The van der Waals surface area contributed by atoms with Gasteiger partial charge in [0.25, 0.3) is 0 Å². The van der Waals surface area contributed by atoms with E-state index in [9.17, 15) is 0 Å². The van der Waals surface area contributed by atoms with Crippen LogP contribution in [0.5, 0.6) is 0 Å². The standard InChI is InChI=1S/C13H11Cl2NO/c14-11-6-10(7-12(15)8-11)13(17-16)9-4-2-1-3-5-9/h1-8,13H,16H2. The third-order valence-corrected chi connectivity index (χ3v) is 2.86. The van der Waals surface area contributed by atoms with Crippen LogP contribution in [0.15, 0.2) is 48.5 Å². The summed E-state index contributed by atoms with van der Waals surface area (Å²) in [5.74, 6) is 5.35. The first-order chi connectivity index (χ1) is 8.20. The van der Waals surface area contributed by atoms with Crippen LogP contribution < -0.4 is 5.90 Å². The Kier molecular flexibility index (Phi) is 4.02. The fourth-order valence-corrected chi connectivity index (χ4v) is 2.25. The summed E-state index contributed by atoms with van der Waals surface area (Å²) in [6.45, 7) is 0. The summed E-state index contributed by atoms with van der Waals surface area (Å²) in [5, 5.41) is 1.12. The van der Waals surface area contributed by atoms with Crippen molar-refractivity contribution in [3.05, 3.63) is 69.7 Å². The van der Waals surface area contributed by atoms with E-state index in [1.165, 1.54) is 0 Å². The molecule has 0 bridgehead atoms. The summed E-state index contributed by atoms with van der Waals surface area (Å²) < 4.78 is 0. The molecule has 0 saturated carbocycles. The molecule has 2 rings (SSSR count). The molecule has 0 radical (unpaired) electrons. The Morgan fingerprint density at radius 3 is 2.00 bits per heavy atom. The second-order valence-electron chi connectivity index (χ2n) is 3.63. The molecule has 2 aromatic carbocycles. The first kappa shape index (κ1) is 12.4. The highest BCUT2D eigenvalue weighted by molar-refractivity contribution is 6.34. The Morgan fingerprint density at radius 2 is 1.47 bits per heavy atom. The second kappa shape index (κ2) is 5.52. The van der Waals surface area contributed by atoms with Gasteiger partial charge in [-0.15, -0.1) is 0 Å². The number of benzene rings is 2. The van der Waals surface area contributed by atoms with Crippen molar-refractivity contribution in [3.63, 3.8) is 0 Å². The highest BCUT2D eigenvalue weighted by atomic mass is 35.5. The fourth-order valence-electron chi connectivity index (χ4n) is 1.70. The summed E-state index contributed by atoms with van der Waals surface area (Å²) in [4.78, 5) is 5.02. The van der Waals surface area contributed by atoms with E-state index < -0.39 is 0 Å². The van der Waals surface area contributed by atoms with Gasteiger partial charge < -0.3 is 0 Å². The molecule has 0 aromatic heterocycles. The third kappa shape index (κ3) is 2.99. The van der Waals surface area contributed by atoms with Crippen LogP contribution >= 0.6 is 23.2 Å². The average molecular weight is 268 g/mol. The van der Waals surface area contributed by atoms with Crippen molar-refractivity contribution >= 4 is 23.2 Å². The van der Waals surface area contributed by atoms with Gasteiger partial charge >= 0.3 is 0 Å². The maximum absolute atomic E-state index is 5.96. The molecule has 88 valence electrons. The maximum atomic E-state index is 5.96. The molecular weight excluding hydrogens is 257 g/mol. The molecule has 0 heterocycles. The minimum atomic E-state index is -0.368. The molecular formula is C13H11Cl2NO. The SMILES string of the molecule is NOC(c1ccccc1)c1cc(Cl)cc(Cl)c1. The number of rotatable bonds is 3. The molecule has 0 spiro atoms. The lowest BCUT2D eigenvalue weighted by Crippen LogP contribution is -2.10. The van der Waals surface area contributed by atoms with Crippen molar-refractivity contribution in [2.75, 3.05) is 0 Å². The van der Waals surface area contributed by atoms with E-state index in [1.807, 2.05) is 30.3 Å².